The predicted molar refractivity (Wildman–Crippen MR) is 87.1 cm³/mol. The molecule has 0 unspecified atom stereocenters. The molecule has 0 aliphatic heterocycles. The molecule has 1 aliphatic carbocycles. The van der Waals surface area contributed by atoms with Gasteiger partial charge < -0.3 is 9.67 Å². The molecule has 3 rings (SSSR count). The molecule has 0 spiro atoms. The maximum atomic E-state index is 12.7. The van der Waals surface area contributed by atoms with Crippen molar-refractivity contribution in [2.75, 3.05) is 0 Å². The zero-order valence-electron chi connectivity index (χ0n) is 12.3. The van der Waals surface area contributed by atoms with Crippen LogP contribution in [0.15, 0.2) is 51.9 Å². The quantitative estimate of drug-likeness (QED) is 0.849. The molecule has 1 N–H and O–H groups in total. The van der Waals surface area contributed by atoms with Crippen molar-refractivity contribution in [2.24, 2.45) is 5.41 Å². The van der Waals surface area contributed by atoms with Crippen molar-refractivity contribution in [2.45, 2.75) is 26.0 Å². The molecule has 1 heterocycles. The average Bonchev–Trinajstić information content (AvgIpc) is 2.48. The van der Waals surface area contributed by atoms with Crippen LogP contribution in [0.2, 0.25) is 0 Å². The summed E-state index contributed by atoms with van der Waals surface area (Å²) < 4.78 is 2.20. The highest BCUT2D eigenvalue weighted by atomic mass is 79.9. The molecule has 5 heteroatoms. The fourth-order valence-corrected chi connectivity index (χ4v) is 3.63. The van der Waals surface area contributed by atoms with E-state index in [0.29, 0.717) is 15.6 Å². The smallest absolute Gasteiger partial charge is 0.251 e. The Hall–Kier alpha value is -1.72. The number of rotatable bonds is 1. The molecule has 0 bridgehead atoms. The Morgan fingerprint density at radius 2 is 1.86 bits per heavy atom. The van der Waals surface area contributed by atoms with Gasteiger partial charge in [-0.25, -0.2) is 0 Å². The monoisotopic (exact) mass is 361 g/mol. The summed E-state index contributed by atoms with van der Waals surface area (Å²) >= 11 is 3.46. The summed E-state index contributed by atoms with van der Waals surface area (Å²) in [7, 11) is 0. The van der Waals surface area contributed by atoms with E-state index >= 15 is 0 Å². The summed E-state index contributed by atoms with van der Waals surface area (Å²) in [5.74, 6) is -0.114. The SMILES string of the molecule is CC1(C)C(=O)c2cccc(Br)c2[C@H](n2ccccc2=O)[C@H]1O. The number of fused-ring (bicyclic) bond motifs is 1. The number of carbonyl (C=O) groups is 1. The number of pyridine rings is 1. The number of carbonyl (C=O) groups excluding carboxylic acids is 1. The van der Waals surface area contributed by atoms with Gasteiger partial charge in [-0.15, -0.1) is 0 Å². The van der Waals surface area contributed by atoms with Crippen LogP contribution >= 0.6 is 15.9 Å². The normalized spacial score (nSPS) is 23.2. The molecule has 1 aromatic carbocycles. The van der Waals surface area contributed by atoms with Crippen molar-refractivity contribution in [3.63, 3.8) is 0 Å². The number of hydrogen-bond donors (Lipinski definition) is 1. The Bertz CT molecular complexity index is 810. The van der Waals surface area contributed by atoms with E-state index in [2.05, 4.69) is 15.9 Å². The van der Waals surface area contributed by atoms with Gasteiger partial charge in [0.05, 0.1) is 17.6 Å². The van der Waals surface area contributed by atoms with Gasteiger partial charge >= 0.3 is 0 Å². The second-order valence-electron chi connectivity index (χ2n) is 6.09. The Kier molecular flexibility index (Phi) is 3.57. The number of hydrogen-bond acceptors (Lipinski definition) is 3. The van der Waals surface area contributed by atoms with E-state index in [1.54, 1.807) is 44.3 Å². The van der Waals surface area contributed by atoms with Crippen molar-refractivity contribution >= 4 is 21.7 Å². The molecule has 1 aliphatic rings. The second kappa shape index (κ2) is 5.18. The van der Waals surface area contributed by atoms with Crippen LogP contribution in [0, 0.1) is 5.41 Å². The molecule has 0 saturated carbocycles. The van der Waals surface area contributed by atoms with Gasteiger partial charge in [0.25, 0.3) is 5.56 Å². The first-order chi connectivity index (χ1) is 10.4. The Morgan fingerprint density at radius 1 is 1.14 bits per heavy atom. The summed E-state index contributed by atoms with van der Waals surface area (Å²) in [6, 6.07) is 9.60. The number of aliphatic hydroxyl groups is 1. The van der Waals surface area contributed by atoms with Gasteiger partial charge in [-0.05, 0) is 26.0 Å². The lowest BCUT2D eigenvalue weighted by Crippen LogP contribution is -2.49. The van der Waals surface area contributed by atoms with E-state index in [1.807, 2.05) is 6.07 Å². The van der Waals surface area contributed by atoms with Crippen molar-refractivity contribution < 1.29 is 9.90 Å². The Morgan fingerprint density at radius 3 is 2.55 bits per heavy atom. The first-order valence-corrected chi connectivity index (χ1v) is 7.83. The summed E-state index contributed by atoms with van der Waals surface area (Å²) in [6.45, 7) is 3.43. The number of ketones is 1. The zero-order chi connectivity index (χ0) is 16.1. The molecule has 1 aromatic heterocycles. The number of aromatic nitrogens is 1. The maximum Gasteiger partial charge on any atom is 0.251 e. The van der Waals surface area contributed by atoms with Crippen LogP contribution in [0.25, 0.3) is 0 Å². The van der Waals surface area contributed by atoms with Crippen molar-refractivity contribution in [3.05, 3.63) is 68.5 Å². The van der Waals surface area contributed by atoms with Crippen LogP contribution in [-0.4, -0.2) is 21.6 Å². The first-order valence-electron chi connectivity index (χ1n) is 7.04. The molecule has 0 fully saturated rings. The van der Waals surface area contributed by atoms with E-state index in [0.717, 1.165) is 0 Å². The fraction of sp³-hybridized carbons (Fsp3) is 0.294. The van der Waals surface area contributed by atoms with Crippen molar-refractivity contribution in [3.8, 4) is 0 Å². The van der Waals surface area contributed by atoms with Crippen LogP contribution in [-0.2, 0) is 0 Å². The number of nitrogens with zero attached hydrogens (tertiary/aromatic N) is 1. The van der Waals surface area contributed by atoms with Gasteiger partial charge in [0.2, 0.25) is 0 Å². The lowest BCUT2D eigenvalue weighted by atomic mass is 9.68. The molecule has 0 amide bonds. The van der Waals surface area contributed by atoms with Crippen molar-refractivity contribution in [1.82, 2.24) is 4.57 Å². The van der Waals surface area contributed by atoms with E-state index < -0.39 is 17.6 Å². The Labute approximate surface area is 136 Å². The average molecular weight is 362 g/mol. The topological polar surface area (TPSA) is 59.3 Å². The number of benzene rings is 1. The lowest BCUT2D eigenvalue weighted by Gasteiger charge is -2.41. The highest BCUT2D eigenvalue weighted by Gasteiger charge is 2.48. The van der Waals surface area contributed by atoms with Crippen LogP contribution in [0.1, 0.15) is 35.8 Å². The fourth-order valence-electron chi connectivity index (χ4n) is 3.03. The van der Waals surface area contributed by atoms with Crippen LogP contribution in [0.3, 0.4) is 0 Å². The first kappa shape index (κ1) is 15.2. The third-order valence-corrected chi connectivity index (χ3v) is 5.06. The lowest BCUT2D eigenvalue weighted by molar-refractivity contribution is 0.0132. The molecule has 0 radical (unpaired) electrons. The van der Waals surface area contributed by atoms with E-state index in [1.165, 1.54) is 10.6 Å². The highest BCUT2D eigenvalue weighted by molar-refractivity contribution is 9.10. The van der Waals surface area contributed by atoms with Crippen LogP contribution < -0.4 is 5.56 Å². The second-order valence-corrected chi connectivity index (χ2v) is 6.94. The van der Waals surface area contributed by atoms with Gasteiger partial charge in [-0.2, -0.15) is 0 Å². The van der Waals surface area contributed by atoms with Gasteiger partial charge in [-0.1, -0.05) is 34.1 Å². The minimum atomic E-state index is -0.994. The largest absolute Gasteiger partial charge is 0.390 e. The predicted octanol–water partition coefficient (Wildman–Crippen LogP) is 2.78. The van der Waals surface area contributed by atoms with Crippen LogP contribution in [0.5, 0.6) is 0 Å². The van der Waals surface area contributed by atoms with Crippen LogP contribution in [0.4, 0.5) is 0 Å². The van der Waals surface area contributed by atoms with Crippen molar-refractivity contribution in [1.29, 1.82) is 0 Å². The number of aliphatic hydroxyl groups excluding tert-OH is 1. The Balaban J connectivity index is 2.35. The summed E-state index contributed by atoms with van der Waals surface area (Å²) in [4.78, 5) is 24.9. The van der Waals surface area contributed by atoms with E-state index in [-0.39, 0.29) is 11.3 Å². The highest BCUT2D eigenvalue weighted by Crippen LogP contribution is 2.44. The van der Waals surface area contributed by atoms with E-state index in [9.17, 15) is 14.7 Å². The molecule has 4 nitrogen and oxygen atoms in total. The number of halogens is 1. The summed E-state index contributed by atoms with van der Waals surface area (Å²) in [5.41, 5.74) is 0.0322. The standard InChI is InChI=1S/C17H16BrNO3/c1-17(2)15(21)10-6-5-7-11(18)13(10)14(16(17)22)19-9-4-3-8-12(19)20/h3-9,14,16,22H,1-2H3/t14-,16+/m0/s1. The third-order valence-electron chi connectivity index (χ3n) is 4.37. The van der Waals surface area contributed by atoms with Gasteiger partial charge in [0.15, 0.2) is 5.78 Å². The van der Waals surface area contributed by atoms with Gasteiger partial charge in [0, 0.05) is 27.9 Å². The number of Topliss-reactive ketones (excluding diaryl/α,β-unsaturated/α-hetero) is 1. The molecule has 22 heavy (non-hydrogen) atoms. The summed E-state index contributed by atoms with van der Waals surface area (Å²) in [5, 5.41) is 10.8. The minimum Gasteiger partial charge on any atom is -0.390 e. The van der Waals surface area contributed by atoms with Gasteiger partial charge in [0.1, 0.15) is 0 Å². The third kappa shape index (κ3) is 2.08. The molecule has 0 saturated heterocycles. The summed E-state index contributed by atoms with van der Waals surface area (Å²) in [6.07, 6.45) is 0.650. The van der Waals surface area contributed by atoms with E-state index in [4.69, 9.17) is 0 Å². The maximum absolute atomic E-state index is 12.7. The van der Waals surface area contributed by atoms with Gasteiger partial charge in [-0.3, -0.25) is 9.59 Å². The molecule has 114 valence electrons. The molecule has 2 aromatic rings. The minimum absolute atomic E-state index is 0.114. The molecular formula is C17H16BrNO3. The molecular weight excluding hydrogens is 346 g/mol. The zero-order valence-corrected chi connectivity index (χ0v) is 13.9. The molecule has 2 atom stereocenters.